The van der Waals surface area contributed by atoms with Gasteiger partial charge in [0.15, 0.2) is 0 Å². The number of hydrogen-bond donors (Lipinski definition) is 3. The summed E-state index contributed by atoms with van der Waals surface area (Å²) >= 11 is 0. The summed E-state index contributed by atoms with van der Waals surface area (Å²) < 4.78 is 0. The maximum absolute atomic E-state index is 12.2. The molecule has 1 fully saturated rings. The van der Waals surface area contributed by atoms with E-state index in [1.54, 1.807) is 13.8 Å². The van der Waals surface area contributed by atoms with Crippen LogP contribution >= 0.6 is 0 Å². The molecule has 20 heavy (non-hydrogen) atoms. The number of aliphatic carboxylic acids is 1. The van der Waals surface area contributed by atoms with Gasteiger partial charge in [0.2, 0.25) is 5.91 Å². The summed E-state index contributed by atoms with van der Waals surface area (Å²) in [5, 5.41) is 14.2. The number of nitrogens with zero attached hydrogens (tertiary/aromatic N) is 1. The second-order valence-electron chi connectivity index (χ2n) is 5.52. The summed E-state index contributed by atoms with van der Waals surface area (Å²) in [6.45, 7) is 6.45. The van der Waals surface area contributed by atoms with E-state index in [1.807, 2.05) is 6.92 Å². The standard InChI is InChI=1S/C13H23N3O4/c1-4-9(7-10(17)18)8-15-12(20)16-6-5-14-11(19)13(16,2)3/h9H,4-8H2,1-3H3,(H,14,19)(H,15,20)(H,17,18). The molecular weight excluding hydrogens is 262 g/mol. The first kappa shape index (κ1) is 16.3. The first-order valence-electron chi connectivity index (χ1n) is 6.84. The molecule has 0 aliphatic carbocycles. The van der Waals surface area contributed by atoms with E-state index in [0.717, 1.165) is 0 Å². The topological polar surface area (TPSA) is 98.7 Å². The lowest BCUT2D eigenvalue weighted by atomic mass is 9.99. The van der Waals surface area contributed by atoms with Crippen molar-refractivity contribution in [3.05, 3.63) is 0 Å². The van der Waals surface area contributed by atoms with Crippen molar-refractivity contribution in [3.8, 4) is 0 Å². The fraction of sp³-hybridized carbons (Fsp3) is 0.769. The third-order valence-corrected chi connectivity index (χ3v) is 3.68. The molecule has 1 aliphatic heterocycles. The molecule has 1 rings (SSSR count). The maximum Gasteiger partial charge on any atom is 0.318 e. The summed E-state index contributed by atoms with van der Waals surface area (Å²) in [5.74, 6) is -1.15. The predicted molar refractivity (Wildman–Crippen MR) is 73.2 cm³/mol. The number of piperazine rings is 1. The van der Waals surface area contributed by atoms with Gasteiger partial charge in [0, 0.05) is 26.1 Å². The van der Waals surface area contributed by atoms with E-state index in [4.69, 9.17) is 5.11 Å². The number of carbonyl (C=O) groups excluding carboxylic acids is 2. The average molecular weight is 285 g/mol. The zero-order chi connectivity index (χ0) is 15.3. The van der Waals surface area contributed by atoms with Crippen LogP contribution in [0.15, 0.2) is 0 Å². The lowest BCUT2D eigenvalue weighted by Crippen LogP contribution is -2.65. The van der Waals surface area contributed by atoms with Crippen molar-refractivity contribution in [1.29, 1.82) is 0 Å². The molecule has 3 amide bonds. The summed E-state index contributed by atoms with van der Waals surface area (Å²) in [6, 6.07) is -0.325. The highest BCUT2D eigenvalue weighted by Crippen LogP contribution is 2.17. The van der Waals surface area contributed by atoms with Crippen LogP contribution in [0.5, 0.6) is 0 Å². The van der Waals surface area contributed by atoms with Gasteiger partial charge in [-0.3, -0.25) is 9.59 Å². The monoisotopic (exact) mass is 285 g/mol. The van der Waals surface area contributed by atoms with Crippen molar-refractivity contribution in [3.63, 3.8) is 0 Å². The molecule has 0 radical (unpaired) electrons. The summed E-state index contributed by atoms with van der Waals surface area (Å²) in [6.07, 6.45) is 0.705. The van der Waals surface area contributed by atoms with Crippen molar-refractivity contribution in [2.45, 2.75) is 39.2 Å². The number of carboxylic acids is 1. The quantitative estimate of drug-likeness (QED) is 0.681. The molecule has 0 spiro atoms. The third-order valence-electron chi connectivity index (χ3n) is 3.68. The van der Waals surface area contributed by atoms with Crippen LogP contribution in [0.25, 0.3) is 0 Å². The van der Waals surface area contributed by atoms with E-state index in [2.05, 4.69) is 10.6 Å². The zero-order valence-corrected chi connectivity index (χ0v) is 12.2. The van der Waals surface area contributed by atoms with Crippen molar-refractivity contribution >= 4 is 17.9 Å². The molecule has 1 saturated heterocycles. The second-order valence-corrected chi connectivity index (χ2v) is 5.52. The maximum atomic E-state index is 12.2. The zero-order valence-electron chi connectivity index (χ0n) is 12.2. The number of amides is 3. The summed E-state index contributed by atoms with van der Waals surface area (Å²) in [4.78, 5) is 36.1. The molecule has 1 aliphatic rings. The Kier molecular flexibility index (Phi) is 5.35. The average Bonchev–Trinajstić information content (AvgIpc) is 2.36. The lowest BCUT2D eigenvalue weighted by Gasteiger charge is -2.41. The molecule has 7 nitrogen and oxygen atoms in total. The van der Waals surface area contributed by atoms with Crippen molar-refractivity contribution < 1.29 is 19.5 Å². The molecule has 114 valence electrons. The van der Waals surface area contributed by atoms with E-state index in [1.165, 1.54) is 4.90 Å². The molecule has 3 N–H and O–H groups in total. The smallest absolute Gasteiger partial charge is 0.318 e. The number of urea groups is 1. The van der Waals surface area contributed by atoms with Gasteiger partial charge in [-0.05, 0) is 19.8 Å². The van der Waals surface area contributed by atoms with Crippen LogP contribution in [0.1, 0.15) is 33.6 Å². The molecule has 0 aromatic heterocycles. The van der Waals surface area contributed by atoms with Gasteiger partial charge in [0.05, 0.1) is 0 Å². The van der Waals surface area contributed by atoms with Crippen LogP contribution in [-0.2, 0) is 9.59 Å². The largest absolute Gasteiger partial charge is 0.481 e. The number of rotatable bonds is 5. The Bertz CT molecular complexity index is 395. The Labute approximate surface area is 118 Å². The number of hydrogen-bond acceptors (Lipinski definition) is 3. The summed E-state index contributed by atoms with van der Waals surface area (Å²) in [5.41, 5.74) is -0.892. The minimum atomic E-state index is -0.892. The van der Waals surface area contributed by atoms with Crippen LogP contribution in [0.2, 0.25) is 0 Å². The normalized spacial score (nSPS) is 19.1. The first-order valence-corrected chi connectivity index (χ1v) is 6.84. The Morgan fingerprint density at radius 2 is 2.15 bits per heavy atom. The number of nitrogens with one attached hydrogen (secondary N) is 2. The molecule has 1 heterocycles. The fourth-order valence-electron chi connectivity index (χ4n) is 2.19. The third kappa shape index (κ3) is 3.85. The van der Waals surface area contributed by atoms with E-state index in [0.29, 0.717) is 26.1 Å². The Hall–Kier alpha value is -1.79. The van der Waals surface area contributed by atoms with Gasteiger partial charge in [-0.1, -0.05) is 13.3 Å². The van der Waals surface area contributed by atoms with Gasteiger partial charge in [-0.25, -0.2) is 4.79 Å². The van der Waals surface area contributed by atoms with Crippen LogP contribution in [0, 0.1) is 5.92 Å². The Balaban J connectivity index is 2.57. The molecule has 1 unspecified atom stereocenters. The molecule has 0 bridgehead atoms. The number of carbonyl (C=O) groups is 3. The van der Waals surface area contributed by atoms with Crippen LogP contribution < -0.4 is 10.6 Å². The van der Waals surface area contributed by atoms with Gasteiger partial charge in [-0.2, -0.15) is 0 Å². The van der Waals surface area contributed by atoms with Crippen molar-refractivity contribution in [2.24, 2.45) is 5.92 Å². The Morgan fingerprint density at radius 1 is 1.50 bits per heavy atom. The van der Waals surface area contributed by atoms with Crippen LogP contribution in [-0.4, -0.2) is 53.1 Å². The number of carboxylic acid groups (broad SMARTS) is 1. The van der Waals surface area contributed by atoms with Gasteiger partial charge < -0.3 is 20.6 Å². The van der Waals surface area contributed by atoms with Crippen LogP contribution in [0.3, 0.4) is 0 Å². The van der Waals surface area contributed by atoms with E-state index in [9.17, 15) is 14.4 Å². The fourth-order valence-corrected chi connectivity index (χ4v) is 2.19. The highest BCUT2D eigenvalue weighted by atomic mass is 16.4. The summed E-state index contributed by atoms with van der Waals surface area (Å²) in [7, 11) is 0. The van der Waals surface area contributed by atoms with Crippen molar-refractivity contribution in [1.82, 2.24) is 15.5 Å². The second kappa shape index (κ2) is 6.58. The minimum Gasteiger partial charge on any atom is -0.481 e. The Morgan fingerprint density at radius 3 is 2.70 bits per heavy atom. The van der Waals surface area contributed by atoms with Crippen LogP contribution in [0.4, 0.5) is 4.79 Å². The highest BCUT2D eigenvalue weighted by Gasteiger charge is 2.40. The van der Waals surface area contributed by atoms with Gasteiger partial charge >= 0.3 is 12.0 Å². The molecule has 0 aromatic rings. The SMILES string of the molecule is CCC(CNC(=O)N1CCNC(=O)C1(C)C)CC(=O)O. The van der Waals surface area contributed by atoms with Gasteiger partial charge in [-0.15, -0.1) is 0 Å². The van der Waals surface area contributed by atoms with Crippen molar-refractivity contribution in [2.75, 3.05) is 19.6 Å². The van der Waals surface area contributed by atoms with E-state index < -0.39 is 11.5 Å². The van der Waals surface area contributed by atoms with Gasteiger partial charge in [0.1, 0.15) is 5.54 Å². The van der Waals surface area contributed by atoms with Gasteiger partial charge in [0.25, 0.3) is 0 Å². The molecule has 7 heteroatoms. The predicted octanol–water partition coefficient (Wildman–Crippen LogP) is 0.407. The minimum absolute atomic E-state index is 0.0284. The lowest BCUT2D eigenvalue weighted by molar-refractivity contribution is -0.138. The molecule has 1 atom stereocenters. The highest BCUT2D eigenvalue weighted by molar-refractivity contribution is 5.91. The molecule has 0 saturated carbocycles. The first-order chi connectivity index (χ1) is 9.28. The molecular formula is C13H23N3O4. The van der Waals surface area contributed by atoms with E-state index in [-0.39, 0.29) is 24.3 Å². The molecule has 0 aromatic carbocycles. The van der Waals surface area contributed by atoms with E-state index >= 15 is 0 Å².